The summed E-state index contributed by atoms with van der Waals surface area (Å²) in [6.45, 7) is 11.6. The zero-order valence-electron chi connectivity index (χ0n) is 9.21. The molecule has 0 aliphatic carbocycles. The van der Waals surface area contributed by atoms with Crippen LogP contribution in [0.2, 0.25) is 0 Å². The molecule has 0 aromatic carbocycles. The molecule has 80 valence electrons. The van der Waals surface area contributed by atoms with E-state index in [1.807, 2.05) is 25.6 Å². The molecule has 1 aliphatic heterocycles. The van der Waals surface area contributed by atoms with Gasteiger partial charge < -0.3 is 4.74 Å². The summed E-state index contributed by atoms with van der Waals surface area (Å²) in [4.78, 5) is 2.48. The normalized spacial score (nSPS) is 17.8. The summed E-state index contributed by atoms with van der Waals surface area (Å²) in [5.74, 6) is 2.51. The molecule has 1 fully saturated rings. The molecule has 0 atom stereocenters. The maximum absolute atomic E-state index is 5.26. The summed E-state index contributed by atoms with van der Waals surface area (Å²) in [6, 6.07) is 0. The number of rotatable bonds is 4. The summed E-state index contributed by atoms with van der Waals surface area (Å²) < 4.78 is 5.26. The van der Waals surface area contributed by atoms with Crippen LogP contribution in [0.1, 0.15) is 20.8 Å². The molecule has 13 heavy (non-hydrogen) atoms. The van der Waals surface area contributed by atoms with Crippen molar-refractivity contribution in [3.63, 3.8) is 0 Å². The number of morpholine rings is 1. The molecule has 0 radical (unpaired) electrons. The molecule has 0 N–H and O–H groups in total. The molecular formula is C10H23NOS. The van der Waals surface area contributed by atoms with Crippen molar-refractivity contribution in [1.82, 2.24) is 4.90 Å². The lowest BCUT2D eigenvalue weighted by atomic mass is 10.4. The maximum Gasteiger partial charge on any atom is 0.0594 e. The van der Waals surface area contributed by atoms with Crippen LogP contribution in [0.25, 0.3) is 0 Å². The fourth-order valence-electron chi connectivity index (χ4n) is 1.16. The maximum atomic E-state index is 5.26. The van der Waals surface area contributed by atoms with E-state index in [0.717, 1.165) is 26.3 Å². The van der Waals surface area contributed by atoms with Gasteiger partial charge in [0.05, 0.1) is 13.2 Å². The van der Waals surface area contributed by atoms with Crippen molar-refractivity contribution in [2.75, 3.05) is 44.4 Å². The summed E-state index contributed by atoms with van der Waals surface area (Å²) in [7, 11) is 0. The standard InChI is InChI=1S/C8H17NOS.C2H6/c1-2-11-8-5-9-3-6-10-7-4-9;1-2/h2-8H2,1H3;1-2H3. The van der Waals surface area contributed by atoms with E-state index in [9.17, 15) is 0 Å². The highest BCUT2D eigenvalue weighted by Crippen LogP contribution is 2.01. The third kappa shape index (κ3) is 7.35. The largest absolute Gasteiger partial charge is 0.379 e. The molecule has 1 rings (SSSR count). The first-order valence-electron chi connectivity index (χ1n) is 5.31. The van der Waals surface area contributed by atoms with Gasteiger partial charge in [0.25, 0.3) is 0 Å². The summed E-state index contributed by atoms with van der Waals surface area (Å²) >= 11 is 2.02. The molecule has 0 amide bonds. The van der Waals surface area contributed by atoms with E-state index >= 15 is 0 Å². The van der Waals surface area contributed by atoms with Crippen molar-refractivity contribution in [3.05, 3.63) is 0 Å². The zero-order valence-corrected chi connectivity index (χ0v) is 10.0. The van der Waals surface area contributed by atoms with E-state index in [1.54, 1.807) is 0 Å². The molecule has 3 heteroatoms. The Hall–Kier alpha value is 0.270. The third-order valence-corrected chi connectivity index (χ3v) is 2.74. The Kier molecular flexibility index (Phi) is 10.6. The van der Waals surface area contributed by atoms with E-state index in [2.05, 4.69) is 11.8 Å². The Labute approximate surface area is 87.0 Å². The molecule has 0 spiro atoms. The second-order valence-electron chi connectivity index (χ2n) is 2.65. The van der Waals surface area contributed by atoms with Gasteiger partial charge in [-0.1, -0.05) is 20.8 Å². The lowest BCUT2D eigenvalue weighted by molar-refractivity contribution is 0.0410. The van der Waals surface area contributed by atoms with E-state index in [0.29, 0.717) is 0 Å². The van der Waals surface area contributed by atoms with Crippen LogP contribution in [-0.2, 0) is 4.74 Å². The molecule has 1 aliphatic rings. The molecule has 0 saturated carbocycles. The van der Waals surface area contributed by atoms with E-state index < -0.39 is 0 Å². The highest BCUT2D eigenvalue weighted by atomic mass is 32.2. The van der Waals surface area contributed by atoms with Crippen LogP contribution >= 0.6 is 11.8 Å². The minimum absolute atomic E-state index is 0.927. The molecule has 1 heterocycles. The summed E-state index contributed by atoms with van der Waals surface area (Å²) in [5.41, 5.74) is 0. The van der Waals surface area contributed by atoms with Crippen LogP contribution in [-0.4, -0.2) is 49.3 Å². The fourth-order valence-corrected chi connectivity index (χ4v) is 1.84. The Balaban J connectivity index is 0.000000671. The average Bonchev–Trinajstić information content (AvgIpc) is 2.23. The topological polar surface area (TPSA) is 12.5 Å². The molecule has 1 saturated heterocycles. The second kappa shape index (κ2) is 10.4. The van der Waals surface area contributed by atoms with Crippen LogP contribution < -0.4 is 0 Å². The number of ether oxygens (including phenoxy) is 1. The first-order valence-corrected chi connectivity index (χ1v) is 6.47. The molecule has 0 unspecified atom stereocenters. The van der Waals surface area contributed by atoms with Gasteiger partial charge in [-0.15, -0.1) is 0 Å². The quantitative estimate of drug-likeness (QED) is 0.652. The Bertz CT molecular complexity index is 94.9. The third-order valence-electron chi connectivity index (χ3n) is 1.86. The summed E-state index contributed by atoms with van der Waals surface area (Å²) in [6.07, 6.45) is 0. The van der Waals surface area contributed by atoms with Crippen molar-refractivity contribution in [1.29, 1.82) is 0 Å². The molecule has 0 bridgehead atoms. The number of hydrogen-bond acceptors (Lipinski definition) is 3. The van der Waals surface area contributed by atoms with Gasteiger partial charge in [0.15, 0.2) is 0 Å². The fraction of sp³-hybridized carbons (Fsp3) is 1.00. The zero-order chi connectivity index (χ0) is 9.94. The molecule has 0 aromatic heterocycles. The Morgan fingerprint density at radius 1 is 1.23 bits per heavy atom. The van der Waals surface area contributed by atoms with E-state index in [-0.39, 0.29) is 0 Å². The first kappa shape index (κ1) is 13.3. The smallest absolute Gasteiger partial charge is 0.0594 e. The van der Waals surface area contributed by atoms with Crippen LogP contribution in [0.4, 0.5) is 0 Å². The molecular weight excluding hydrogens is 182 g/mol. The number of hydrogen-bond donors (Lipinski definition) is 0. The lowest BCUT2D eigenvalue weighted by Gasteiger charge is -2.26. The van der Waals surface area contributed by atoms with Gasteiger partial charge >= 0.3 is 0 Å². The Morgan fingerprint density at radius 2 is 1.85 bits per heavy atom. The van der Waals surface area contributed by atoms with Crippen molar-refractivity contribution in [2.24, 2.45) is 0 Å². The predicted molar refractivity (Wildman–Crippen MR) is 61.6 cm³/mol. The summed E-state index contributed by atoms with van der Waals surface area (Å²) in [5, 5.41) is 0. The number of thioether (sulfide) groups is 1. The van der Waals surface area contributed by atoms with E-state index in [4.69, 9.17) is 4.74 Å². The van der Waals surface area contributed by atoms with Gasteiger partial charge in [-0.05, 0) is 5.75 Å². The van der Waals surface area contributed by atoms with Crippen molar-refractivity contribution in [3.8, 4) is 0 Å². The van der Waals surface area contributed by atoms with Gasteiger partial charge in [0, 0.05) is 25.4 Å². The highest BCUT2D eigenvalue weighted by molar-refractivity contribution is 7.99. The van der Waals surface area contributed by atoms with Crippen molar-refractivity contribution < 1.29 is 4.74 Å². The Morgan fingerprint density at radius 3 is 2.38 bits per heavy atom. The minimum atomic E-state index is 0.927. The minimum Gasteiger partial charge on any atom is -0.379 e. The van der Waals surface area contributed by atoms with Crippen LogP contribution in [0.5, 0.6) is 0 Å². The highest BCUT2D eigenvalue weighted by Gasteiger charge is 2.08. The van der Waals surface area contributed by atoms with Gasteiger partial charge in [-0.2, -0.15) is 11.8 Å². The van der Waals surface area contributed by atoms with Crippen LogP contribution in [0, 0.1) is 0 Å². The molecule has 2 nitrogen and oxygen atoms in total. The van der Waals surface area contributed by atoms with Crippen LogP contribution in [0.3, 0.4) is 0 Å². The van der Waals surface area contributed by atoms with Gasteiger partial charge in [-0.25, -0.2) is 0 Å². The van der Waals surface area contributed by atoms with Gasteiger partial charge in [-0.3, -0.25) is 4.90 Å². The second-order valence-corrected chi connectivity index (χ2v) is 4.04. The first-order chi connectivity index (χ1) is 6.43. The predicted octanol–water partition coefficient (Wildman–Crippen LogP) is 2.10. The van der Waals surface area contributed by atoms with Crippen LogP contribution in [0.15, 0.2) is 0 Å². The SMILES string of the molecule is CC.CCSCCN1CCOCC1. The monoisotopic (exact) mass is 205 g/mol. The van der Waals surface area contributed by atoms with E-state index in [1.165, 1.54) is 18.1 Å². The van der Waals surface area contributed by atoms with Gasteiger partial charge in [0.2, 0.25) is 0 Å². The van der Waals surface area contributed by atoms with Gasteiger partial charge in [0.1, 0.15) is 0 Å². The van der Waals surface area contributed by atoms with Crippen molar-refractivity contribution >= 4 is 11.8 Å². The number of nitrogens with zero attached hydrogens (tertiary/aromatic N) is 1. The average molecular weight is 205 g/mol. The van der Waals surface area contributed by atoms with Crippen molar-refractivity contribution in [2.45, 2.75) is 20.8 Å². The molecule has 0 aromatic rings. The lowest BCUT2D eigenvalue weighted by Crippen LogP contribution is -2.37.